The molecular weight excluding hydrogens is 454 g/mol. The van der Waals surface area contributed by atoms with Crippen molar-refractivity contribution in [2.24, 2.45) is 0 Å². The summed E-state index contributed by atoms with van der Waals surface area (Å²) in [7, 11) is 0. The lowest BCUT2D eigenvalue weighted by Gasteiger charge is -2.26. The van der Waals surface area contributed by atoms with Gasteiger partial charge in [0.05, 0.1) is 31.2 Å². The van der Waals surface area contributed by atoms with Crippen LogP contribution in [-0.2, 0) is 22.6 Å². The van der Waals surface area contributed by atoms with Crippen LogP contribution in [0.25, 0.3) is 0 Å². The molecular formula is C20H26BrN5O2S. The maximum Gasteiger partial charge on any atom is 0.234 e. The Morgan fingerprint density at radius 2 is 2.03 bits per heavy atom. The molecule has 2 heterocycles. The highest BCUT2D eigenvalue weighted by molar-refractivity contribution is 9.10. The number of thioether (sulfide) groups is 1. The Bertz CT molecular complexity index is 880. The summed E-state index contributed by atoms with van der Waals surface area (Å²) in [4.78, 5) is 14.8. The highest BCUT2D eigenvalue weighted by atomic mass is 79.9. The summed E-state index contributed by atoms with van der Waals surface area (Å²) in [6, 6.07) is 3.99. The van der Waals surface area contributed by atoms with Crippen molar-refractivity contribution in [1.82, 2.24) is 19.7 Å². The Hall–Kier alpha value is -1.68. The average molecular weight is 480 g/mol. The topological polar surface area (TPSA) is 72.3 Å². The summed E-state index contributed by atoms with van der Waals surface area (Å²) >= 11 is 4.90. The SMILES string of the molecule is C=CCn1c(CN2CCOCC2)nnc1SCC(=O)Nc1cc(C)c(C)cc1Br. The molecule has 1 amide bonds. The third kappa shape index (κ3) is 5.91. The van der Waals surface area contributed by atoms with Gasteiger partial charge in [-0.05, 0) is 53.0 Å². The molecule has 1 aromatic carbocycles. The molecule has 1 N–H and O–H groups in total. The summed E-state index contributed by atoms with van der Waals surface area (Å²) < 4.78 is 8.30. The van der Waals surface area contributed by atoms with Crippen molar-refractivity contribution in [3.8, 4) is 0 Å². The quantitative estimate of drug-likeness (QED) is 0.461. The van der Waals surface area contributed by atoms with E-state index in [0.29, 0.717) is 13.1 Å². The molecule has 7 nitrogen and oxygen atoms in total. The first-order valence-corrected chi connectivity index (χ1v) is 11.3. The highest BCUT2D eigenvalue weighted by Gasteiger charge is 2.18. The number of carbonyl (C=O) groups excluding carboxylic acids is 1. The minimum Gasteiger partial charge on any atom is -0.379 e. The third-order valence-corrected chi connectivity index (χ3v) is 6.39. The number of hydrogen-bond donors (Lipinski definition) is 1. The molecule has 156 valence electrons. The maximum atomic E-state index is 12.5. The average Bonchev–Trinajstić information content (AvgIpc) is 3.07. The van der Waals surface area contributed by atoms with E-state index in [1.165, 1.54) is 17.3 Å². The monoisotopic (exact) mass is 479 g/mol. The summed E-state index contributed by atoms with van der Waals surface area (Å²) in [6.07, 6.45) is 1.82. The molecule has 1 saturated heterocycles. The molecule has 1 aliphatic heterocycles. The van der Waals surface area contributed by atoms with E-state index in [2.05, 4.69) is 42.9 Å². The Kier molecular flexibility index (Phi) is 7.88. The van der Waals surface area contributed by atoms with E-state index in [-0.39, 0.29) is 11.7 Å². The van der Waals surface area contributed by atoms with Gasteiger partial charge in [0.15, 0.2) is 5.16 Å². The van der Waals surface area contributed by atoms with Gasteiger partial charge in [0.1, 0.15) is 5.82 Å². The zero-order valence-electron chi connectivity index (χ0n) is 16.8. The van der Waals surface area contributed by atoms with Crippen molar-refractivity contribution in [3.63, 3.8) is 0 Å². The van der Waals surface area contributed by atoms with Crippen LogP contribution in [0.15, 0.2) is 34.4 Å². The number of rotatable bonds is 8. The van der Waals surface area contributed by atoms with Crippen molar-refractivity contribution in [2.75, 3.05) is 37.4 Å². The van der Waals surface area contributed by atoms with E-state index in [9.17, 15) is 4.79 Å². The van der Waals surface area contributed by atoms with E-state index in [1.54, 1.807) is 0 Å². The molecule has 0 spiro atoms. The fraction of sp³-hybridized carbons (Fsp3) is 0.450. The van der Waals surface area contributed by atoms with Gasteiger partial charge in [0.2, 0.25) is 5.91 Å². The summed E-state index contributed by atoms with van der Waals surface area (Å²) in [5.74, 6) is 1.06. The van der Waals surface area contributed by atoms with Crippen molar-refractivity contribution in [3.05, 3.63) is 46.2 Å². The lowest BCUT2D eigenvalue weighted by molar-refractivity contribution is -0.113. The Morgan fingerprint density at radius 3 is 2.76 bits per heavy atom. The van der Waals surface area contributed by atoms with Crippen molar-refractivity contribution in [2.45, 2.75) is 32.1 Å². The van der Waals surface area contributed by atoms with Gasteiger partial charge < -0.3 is 14.6 Å². The van der Waals surface area contributed by atoms with E-state index < -0.39 is 0 Å². The summed E-state index contributed by atoms with van der Waals surface area (Å²) in [5, 5.41) is 12.3. The van der Waals surface area contributed by atoms with Crippen LogP contribution in [0.1, 0.15) is 17.0 Å². The molecule has 29 heavy (non-hydrogen) atoms. The molecule has 0 bridgehead atoms. The van der Waals surface area contributed by atoms with Crippen LogP contribution >= 0.6 is 27.7 Å². The van der Waals surface area contributed by atoms with Crippen molar-refractivity contribution in [1.29, 1.82) is 0 Å². The molecule has 0 radical (unpaired) electrons. The number of morpholine rings is 1. The number of aromatic nitrogens is 3. The van der Waals surface area contributed by atoms with Gasteiger partial charge in [-0.2, -0.15) is 0 Å². The minimum atomic E-state index is -0.0816. The van der Waals surface area contributed by atoms with Gasteiger partial charge in [-0.1, -0.05) is 17.8 Å². The van der Waals surface area contributed by atoms with Gasteiger partial charge >= 0.3 is 0 Å². The number of carbonyl (C=O) groups is 1. The number of nitrogens with zero attached hydrogens (tertiary/aromatic N) is 4. The van der Waals surface area contributed by atoms with Crippen LogP contribution in [0.2, 0.25) is 0 Å². The number of amides is 1. The molecule has 0 atom stereocenters. The van der Waals surface area contributed by atoms with Gasteiger partial charge in [-0.25, -0.2) is 0 Å². The number of allylic oxidation sites excluding steroid dienone is 1. The van der Waals surface area contributed by atoms with Gasteiger partial charge in [0.25, 0.3) is 0 Å². The molecule has 1 fully saturated rings. The van der Waals surface area contributed by atoms with E-state index >= 15 is 0 Å². The van der Waals surface area contributed by atoms with Crippen LogP contribution in [0.4, 0.5) is 5.69 Å². The smallest absolute Gasteiger partial charge is 0.234 e. The predicted octanol–water partition coefficient (Wildman–Crippen LogP) is 3.41. The van der Waals surface area contributed by atoms with Gasteiger partial charge in [-0.15, -0.1) is 16.8 Å². The number of benzene rings is 1. The first-order chi connectivity index (χ1) is 14.0. The van der Waals surface area contributed by atoms with Crippen LogP contribution in [0, 0.1) is 13.8 Å². The molecule has 2 aromatic rings. The normalized spacial score (nSPS) is 14.7. The van der Waals surface area contributed by atoms with Crippen molar-refractivity contribution < 1.29 is 9.53 Å². The molecule has 3 rings (SSSR count). The molecule has 0 aliphatic carbocycles. The lowest BCUT2D eigenvalue weighted by Crippen LogP contribution is -2.36. The molecule has 9 heteroatoms. The first kappa shape index (κ1) is 22.0. The van der Waals surface area contributed by atoms with Crippen LogP contribution < -0.4 is 5.32 Å². The number of aryl methyl sites for hydroxylation is 2. The Labute approximate surface area is 184 Å². The van der Waals surface area contributed by atoms with E-state index in [1.807, 2.05) is 36.6 Å². The fourth-order valence-electron chi connectivity index (χ4n) is 3.01. The largest absolute Gasteiger partial charge is 0.379 e. The minimum absolute atomic E-state index is 0.0816. The Balaban J connectivity index is 1.62. The van der Waals surface area contributed by atoms with Crippen molar-refractivity contribution >= 4 is 39.3 Å². The first-order valence-electron chi connectivity index (χ1n) is 9.50. The molecule has 1 aromatic heterocycles. The molecule has 0 saturated carbocycles. The lowest BCUT2D eigenvalue weighted by atomic mass is 10.1. The zero-order chi connectivity index (χ0) is 20.8. The number of nitrogens with one attached hydrogen (secondary N) is 1. The van der Waals surface area contributed by atoms with E-state index in [0.717, 1.165) is 53.0 Å². The second-order valence-corrected chi connectivity index (χ2v) is 8.74. The van der Waals surface area contributed by atoms with Gasteiger partial charge in [0, 0.05) is 24.1 Å². The predicted molar refractivity (Wildman–Crippen MR) is 119 cm³/mol. The van der Waals surface area contributed by atoms with Crippen LogP contribution in [-0.4, -0.2) is 57.6 Å². The Morgan fingerprint density at radius 1 is 1.31 bits per heavy atom. The number of halogens is 1. The standard InChI is InChI=1S/C20H26BrN5O2S/c1-4-5-26-18(12-25-6-8-28-9-7-25)23-24-20(26)29-13-19(27)22-17-11-15(3)14(2)10-16(17)21/h4,10-11H,1,5-9,12-13H2,2-3H3,(H,22,27). The van der Waals surface area contributed by atoms with Crippen LogP contribution in [0.3, 0.4) is 0 Å². The molecule has 0 unspecified atom stereocenters. The number of anilines is 1. The number of hydrogen-bond acceptors (Lipinski definition) is 6. The summed E-state index contributed by atoms with van der Waals surface area (Å²) in [5.41, 5.74) is 3.09. The highest BCUT2D eigenvalue weighted by Crippen LogP contribution is 2.27. The van der Waals surface area contributed by atoms with Crippen LogP contribution in [0.5, 0.6) is 0 Å². The fourth-order valence-corrected chi connectivity index (χ4v) is 4.33. The second kappa shape index (κ2) is 10.4. The van der Waals surface area contributed by atoms with E-state index in [4.69, 9.17) is 4.74 Å². The van der Waals surface area contributed by atoms with Gasteiger partial charge in [-0.3, -0.25) is 9.69 Å². The molecule has 1 aliphatic rings. The summed E-state index contributed by atoms with van der Waals surface area (Å²) in [6.45, 7) is 12.5. The number of ether oxygens (including phenoxy) is 1. The third-order valence-electron chi connectivity index (χ3n) is 4.76. The second-order valence-electron chi connectivity index (χ2n) is 6.94. The zero-order valence-corrected chi connectivity index (χ0v) is 19.2. The maximum absolute atomic E-state index is 12.5.